The third-order valence-corrected chi connectivity index (χ3v) is 5.18. The maximum atomic E-state index is 12.4. The van der Waals surface area contributed by atoms with Gasteiger partial charge in [0.15, 0.2) is 0 Å². The zero-order valence-corrected chi connectivity index (χ0v) is 13.8. The van der Waals surface area contributed by atoms with Crippen molar-refractivity contribution < 1.29 is 8.42 Å². The summed E-state index contributed by atoms with van der Waals surface area (Å²) in [5.74, 6) is 0. The molecule has 1 aromatic heterocycles. The molecule has 0 aliphatic rings. The number of benzene rings is 1. The summed E-state index contributed by atoms with van der Waals surface area (Å²) in [5.41, 5.74) is 5.05. The number of aromatic amines is 1. The molecule has 2 aromatic rings. The first-order chi connectivity index (χ1) is 9.79. The van der Waals surface area contributed by atoms with E-state index in [0.717, 1.165) is 28.1 Å². The number of aromatic nitrogens is 1. The van der Waals surface area contributed by atoms with Crippen LogP contribution in [0.25, 0.3) is 0 Å². The molecule has 114 valence electrons. The second-order valence-corrected chi connectivity index (χ2v) is 7.25. The van der Waals surface area contributed by atoms with Gasteiger partial charge in [-0.15, -0.1) is 0 Å². The van der Waals surface area contributed by atoms with Crippen LogP contribution in [0, 0.1) is 27.7 Å². The van der Waals surface area contributed by atoms with E-state index in [1.54, 1.807) is 6.07 Å². The van der Waals surface area contributed by atoms with Crippen molar-refractivity contribution >= 4 is 10.0 Å². The number of hydrogen-bond acceptors (Lipinski definition) is 2. The van der Waals surface area contributed by atoms with Crippen LogP contribution < -0.4 is 4.72 Å². The van der Waals surface area contributed by atoms with Crippen molar-refractivity contribution in [1.29, 1.82) is 0 Å². The molecule has 0 amide bonds. The molecule has 0 fully saturated rings. The minimum absolute atomic E-state index is 0.365. The SMILES string of the molecule is Cc1ccc(C)c(S(=O)(=O)NCCc2cc(C)[nH]c2C)c1. The highest BCUT2D eigenvalue weighted by molar-refractivity contribution is 7.89. The fourth-order valence-electron chi connectivity index (χ4n) is 2.44. The fourth-order valence-corrected chi connectivity index (χ4v) is 3.80. The highest BCUT2D eigenvalue weighted by Gasteiger charge is 2.16. The molecule has 0 atom stereocenters. The molecule has 0 aliphatic carbocycles. The summed E-state index contributed by atoms with van der Waals surface area (Å²) in [5, 5.41) is 0. The minimum atomic E-state index is -3.45. The molecule has 2 rings (SSSR count). The summed E-state index contributed by atoms with van der Waals surface area (Å²) >= 11 is 0. The predicted octanol–water partition coefficient (Wildman–Crippen LogP) is 2.77. The van der Waals surface area contributed by atoms with Gasteiger partial charge in [0.05, 0.1) is 4.90 Å². The molecule has 1 aromatic carbocycles. The Hall–Kier alpha value is -1.59. The molecule has 2 N–H and O–H groups in total. The molecule has 0 unspecified atom stereocenters. The number of H-pyrrole nitrogens is 1. The number of aryl methyl sites for hydroxylation is 4. The van der Waals surface area contributed by atoms with Gasteiger partial charge in [-0.25, -0.2) is 13.1 Å². The number of hydrogen-bond donors (Lipinski definition) is 2. The summed E-state index contributed by atoms with van der Waals surface area (Å²) in [6, 6.07) is 7.52. The lowest BCUT2D eigenvalue weighted by atomic mass is 10.2. The van der Waals surface area contributed by atoms with E-state index in [1.165, 1.54) is 0 Å². The van der Waals surface area contributed by atoms with E-state index in [-0.39, 0.29) is 0 Å². The second-order valence-electron chi connectivity index (χ2n) is 5.52. The Morgan fingerprint density at radius 1 is 1.10 bits per heavy atom. The summed E-state index contributed by atoms with van der Waals surface area (Å²) in [4.78, 5) is 3.59. The number of nitrogens with one attached hydrogen (secondary N) is 2. The summed E-state index contributed by atoms with van der Waals surface area (Å²) in [7, 11) is -3.45. The summed E-state index contributed by atoms with van der Waals surface area (Å²) in [6.45, 7) is 8.10. The van der Waals surface area contributed by atoms with E-state index in [2.05, 4.69) is 15.8 Å². The molecule has 21 heavy (non-hydrogen) atoms. The zero-order chi connectivity index (χ0) is 15.6. The van der Waals surface area contributed by atoms with Crippen molar-refractivity contribution in [3.8, 4) is 0 Å². The van der Waals surface area contributed by atoms with Crippen LogP contribution in [0.3, 0.4) is 0 Å². The van der Waals surface area contributed by atoms with Crippen molar-refractivity contribution in [2.75, 3.05) is 6.54 Å². The third-order valence-electron chi connectivity index (χ3n) is 3.58. The fraction of sp³-hybridized carbons (Fsp3) is 0.375. The molecular weight excluding hydrogens is 284 g/mol. The smallest absolute Gasteiger partial charge is 0.240 e. The summed E-state index contributed by atoms with van der Waals surface area (Å²) in [6.07, 6.45) is 0.681. The van der Waals surface area contributed by atoms with Crippen LogP contribution in [0.5, 0.6) is 0 Å². The van der Waals surface area contributed by atoms with E-state index in [1.807, 2.05) is 39.8 Å². The van der Waals surface area contributed by atoms with Crippen molar-refractivity contribution in [1.82, 2.24) is 9.71 Å². The molecule has 4 nitrogen and oxygen atoms in total. The van der Waals surface area contributed by atoms with Crippen LogP contribution in [0.15, 0.2) is 29.2 Å². The Morgan fingerprint density at radius 2 is 1.81 bits per heavy atom. The summed E-state index contributed by atoms with van der Waals surface area (Å²) < 4.78 is 27.4. The van der Waals surface area contributed by atoms with Gasteiger partial charge in [0.1, 0.15) is 0 Å². The first kappa shape index (κ1) is 15.8. The molecule has 0 spiro atoms. The Balaban J connectivity index is 2.08. The quantitative estimate of drug-likeness (QED) is 0.892. The average molecular weight is 306 g/mol. The minimum Gasteiger partial charge on any atom is -0.362 e. The van der Waals surface area contributed by atoms with Crippen LogP contribution in [-0.2, 0) is 16.4 Å². The zero-order valence-electron chi connectivity index (χ0n) is 12.9. The van der Waals surface area contributed by atoms with Gasteiger partial charge >= 0.3 is 0 Å². The molecule has 0 bridgehead atoms. The maximum absolute atomic E-state index is 12.4. The van der Waals surface area contributed by atoms with Gasteiger partial charge in [-0.2, -0.15) is 0 Å². The van der Waals surface area contributed by atoms with Crippen molar-refractivity contribution in [2.24, 2.45) is 0 Å². The van der Waals surface area contributed by atoms with Gasteiger partial charge in [-0.1, -0.05) is 12.1 Å². The highest BCUT2D eigenvalue weighted by atomic mass is 32.2. The monoisotopic (exact) mass is 306 g/mol. The van der Waals surface area contributed by atoms with Crippen LogP contribution in [0.4, 0.5) is 0 Å². The Kier molecular flexibility index (Phi) is 4.54. The van der Waals surface area contributed by atoms with Gasteiger partial charge in [0, 0.05) is 17.9 Å². The van der Waals surface area contributed by atoms with Gasteiger partial charge in [-0.3, -0.25) is 0 Å². The van der Waals surface area contributed by atoms with E-state index in [9.17, 15) is 8.42 Å². The van der Waals surface area contributed by atoms with Crippen molar-refractivity contribution in [3.63, 3.8) is 0 Å². The van der Waals surface area contributed by atoms with Crippen LogP contribution in [0.2, 0.25) is 0 Å². The van der Waals surface area contributed by atoms with Crippen molar-refractivity contribution in [3.05, 3.63) is 52.3 Å². The lowest BCUT2D eigenvalue weighted by Gasteiger charge is -2.10. The normalized spacial score (nSPS) is 11.8. The third kappa shape index (κ3) is 3.74. The van der Waals surface area contributed by atoms with E-state index in [4.69, 9.17) is 0 Å². The van der Waals surface area contributed by atoms with E-state index < -0.39 is 10.0 Å². The first-order valence-corrected chi connectivity index (χ1v) is 8.50. The average Bonchev–Trinajstić information content (AvgIpc) is 2.70. The van der Waals surface area contributed by atoms with Gasteiger partial charge in [0.2, 0.25) is 10.0 Å². The first-order valence-electron chi connectivity index (χ1n) is 7.01. The number of rotatable bonds is 5. The van der Waals surface area contributed by atoms with Gasteiger partial charge in [-0.05, 0) is 62.9 Å². The van der Waals surface area contributed by atoms with Crippen LogP contribution in [0.1, 0.15) is 28.1 Å². The Labute approximate surface area is 126 Å². The molecule has 0 aliphatic heterocycles. The highest BCUT2D eigenvalue weighted by Crippen LogP contribution is 2.17. The Bertz CT molecular complexity index is 746. The largest absolute Gasteiger partial charge is 0.362 e. The lowest BCUT2D eigenvalue weighted by molar-refractivity contribution is 0.581. The predicted molar refractivity (Wildman–Crippen MR) is 85.1 cm³/mol. The van der Waals surface area contributed by atoms with E-state index in [0.29, 0.717) is 17.9 Å². The van der Waals surface area contributed by atoms with Crippen LogP contribution >= 0.6 is 0 Å². The standard InChI is InChI=1S/C16H22N2O2S/c1-11-5-6-12(2)16(9-11)21(19,20)17-8-7-15-10-13(3)18-14(15)4/h5-6,9-10,17-18H,7-8H2,1-4H3. The van der Waals surface area contributed by atoms with Gasteiger partial charge < -0.3 is 4.98 Å². The topological polar surface area (TPSA) is 62.0 Å². The van der Waals surface area contributed by atoms with Gasteiger partial charge in [0.25, 0.3) is 0 Å². The Morgan fingerprint density at radius 3 is 2.43 bits per heavy atom. The second kappa shape index (κ2) is 6.03. The van der Waals surface area contributed by atoms with Crippen molar-refractivity contribution in [2.45, 2.75) is 39.0 Å². The lowest BCUT2D eigenvalue weighted by Crippen LogP contribution is -2.26. The molecule has 1 heterocycles. The molecule has 0 saturated heterocycles. The molecular formula is C16H22N2O2S. The molecule has 5 heteroatoms. The van der Waals surface area contributed by atoms with Crippen LogP contribution in [-0.4, -0.2) is 19.9 Å². The molecule has 0 saturated carbocycles. The number of sulfonamides is 1. The van der Waals surface area contributed by atoms with E-state index >= 15 is 0 Å². The molecule has 0 radical (unpaired) electrons. The maximum Gasteiger partial charge on any atom is 0.240 e.